The second-order valence-corrected chi connectivity index (χ2v) is 5.31. The van der Waals surface area contributed by atoms with Gasteiger partial charge in [0.25, 0.3) is 0 Å². The smallest absolute Gasteiger partial charge is 0.00431 e. The lowest BCUT2D eigenvalue weighted by molar-refractivity contribution is 0.366. The van der Waals surface area contributed by atoms with Crippen molar-refractivity contribution in [2.75, 3.05) is 13.1 Å². The molecule has 10 heavy (non-hydrogen) atoms. The number of hydrogen-bond donors (Lipinski definition) is 1. The van der Waals surface area contributed by atoms with Crippen molar-refractivity contribution in [1.82, 2.24) is 5.32 Å². The van der Waals surface area contributed by atoms with Crippen LogP contribution in [0.15, 0.2) is 0 Å². The van der Waals surface area contributed by atoms with Gasteiger partial charge in [0.1, 0.15) is 0 Å². The molecule has 3 unspecified atom stereocenters. The topological polar surface area (TPSA) is 12.0 Å². The molecule has 0 aromatic rings. The lowest BCUT2D eigenvalue weighted by Gasteiger charge is -2.28. The second kappa shape index (κ2) is 2.79. The van der Waals surface area contributed by atoms with E-state index < -0.39 is 0 Å². The summed E-state index contributed by atoms with van der Waals surface area (Å²) in [6, 6.07) is 0. The Morgan fingerprint density at radius 2 is 2.20 bits per heavy atom. The third-order valence-electron chi connectivity index (χ3n) is 2.52. The van der Waals surface area contributed by atoms with Gasteiger partial charge in [-0.15, -0.1) is 9.24 Å². The maximum Gasteiger partial charge on any atom is 0.00431 e. The number of hydrogen-bond acceptors (Lipinski definition) is 1. The zero-order valence-electron chi connectivity index (χ0n) is 7.15. The zero-order valence-corrected chi connectivity index (χ0v) is 8.30. The summed E-state index contributed by atoms with van der Waals surface area (Å²) in [5.41, 5.74) is 0. The molecule has 0 saturated carbocycles. The fourth-order valence-electron chi connectivity index (χ4n) is 1.86. The van der Waals surface area contributed by atoms with E-state index in [2.05, 4.69) is 35.3 Å². The van der Waals surface area contributed by atoms with Crippen molar-refractivity contribution in [2.24, 2.45) is 11.8 Å². The molecule has 0 aromatic heterocycles. The van der Waals surface area contributed by atoms with Crippen molar-refractivity contribution in [1.29, 1.82) is 0 Å². The van der Waals surface area contributed by atoms with Gasteiger partial charge in [-0.25, -0.2) is 0 Å². The Morgan fingerprint density at radius 1 is 1.60 bits per heavy atom. The molecule has 1 rings (SSSR count). The molecule has 1 saturated heterocycles. The molecule has 0 radical (unpaired) electrons. The molecule has 1 fully saturated rings. The highest BCUT2D eigenvalue weighted by Crippen LogP contribution is 2.35. The third-order valence-corrected chi connectivity index (χ3v) is 3.15. The van der Waals surface area contributed by atoms with Crippen molar-refractivity contribution in [2.45, 2.75) is 25.9 Å². The molecule has 2 heteroatoms. The summed E-state index contributed by atoms with van der Waals surface area (Å²) in [6.45, 7) is 9.28. The van der Waals surface area contributed by atoms with Crippen LogP contribution in [-0.4, -0.2) is 18.2 Å². The molecule has 60 valence electrons. The van der Waals surface area contributed by atoms with Gasteiger partial charge in [0, 0.05) is 6.54 Å². The predicted molar refractivity (Wildman–Crippen MR) is 49.3 cm³/mol. The van der Waals surface area contributed by atoms with Crippen LogP contribution in [0.1, 0.15) is 20.8 Å². The Balaban J connectivity index is 2.59. The van der Waals surface area contributed by atoms with E-state index in [4.69, 9.17) is 0 Å². The second-order valence-electron chi connectivity index (χ2n) is 3.99. The first-order valence-electron chi connectivity index (χ1n) is 4.03. The summed E-state index contributed by atoms with van der Waals surface area (Å²) in [7, 11) is 2.98. The Kier molecular flexibility index (Phi) is 2.37. The van der Waals surface area contributed by atoms with Crippen LogP contribution in [0.2, 0.25) is 0 Å². The minimum absolute atomic E-state index is 0.439. The van der Waals surface area contributed by atoms with E-state index in [1.807, 2.05) is 0 Å². The van der Waals surface area contributed by atoms with Crippen LogP contribution < -0.4 is 5.32 Å². The monoisotopic (exact) mass is 159 g/mol. The van der Waals surface area contributed by atoms with Gasteiger partial charge in [-0.3, -0.25) is 0 Å². The van der Waals surface area contributed by atoms with Gasteiger partial charge in [-0.05, 0) is 23.5 Å². The molecule has 1 heterocycles. The maximum absolute atomic E-state index is 3.42. The fraction of sp³-hybridized carbons (Fsp3) is 1.00. The lowest BCUT2D eigenvalue weighted by Crippen LogP contribution is -2.29. The first kappa shape index (κ1) is 8.49. The summed E-state index contributed by atoms with van der Waals surface area (Å²) >= 11 is 0. The van der Waals surface area contributed by atoms with Crippen molar-refractivity contribution in [3.8, 4) is 0 Å². The van der Waals surface area contributed by atoms with E-state index >= 15 is 0 Å². The highest BCUT2D eigenvalue weighted by molar-refractivity contribution is 7.19. The molecule has 1 N–H and O–H groups in total. The quantitative estimate of drug-likeness (QED) is 0.572. The van der Waals surface area contributed by atoms with Crippen LogP contribution >= 0.6 is 9.24 Å². The van der Waals surface area contributed by atoms with Gasteiger partial charge in [0.15, 0.2) is 0 Å². The first-order valence-corrected chi connectivity index (χ1v) is 4.61. The highest BCUT2D eigenvalue weighted by atomic mass is 31.0. The summed E-state index contributed by atoms with van der Waals surface area (Å²) in [5, 5.41) is 3.86. The standard InChI is InChI=1S/C8H18NP/c1-6(2)7-4-9-5-8(7,3)10/h6-7,9H,4-5,10H2,1-3H3. The molecule has 0 aromatic carbocycles. The van der Waals surface area contributed by atoms with Crippen LogP contribution in [0.5, 0.6) is 0 Å². The SMILES string of the molecule is CC(C)C1CNCC1(C)P. The van der Waals surface area contributed by atoms with Gasteiger partial charge in [0.2, 0.25) is 0 Å². The minimum Gasteiger partial charge on any atom is -0.316 e. The normalized spacial score (nSPS) is 41.1. The largest absolute Gasteiger partial charge is 0.316 e. The van der Waals surface area contributed by atoms with Crippen LogP contribution in [0.3, 0.4) is 0 Å². The maximum atomic E-state index is 3.42. The Hall–Kier alpha value is 0.390. The Labute approximate surface area is 66.2 Å². The molecular formula is C8H18NP. The summed E-state index contributed by atoms with van der Waals surface area (Å²) in [6.07, 6.45) is 0. The lowest BCUT2D eigenvalue weighted by atomic mass is 9.87. The number of rotatable bonds is 1. The van der Waals surface area contributed by atoms with E-state index in [9.17, 15) is 0 Å². The molecule has 1 nitrogen and oxygen atoms in total. The third kappa shape index (κ3) is 1.52. The van der Waals surface area contributed by atoms with E-state index in [0.717, 1.165) is 18.4 Å². The van der Waals surface area contributed by atoms with E-state index in [0.29, 0.717) is 5.16 Å². The van der Waals surface area contributed by atoms with Crippen LogP contribution in [0.25, 0.3) is 0 Å². The molecule has 0 aliphatic carbocycles. The molecule has 1 aliphatic heterocycles. The average Bonchev–Trinajstić information content (AvgIpc) is 2.08. The summed E-state index contributed by atoms with van der Waals surface area (Å²) in [5.74, 6) is 1.63. The van der Waals surface area contributed by atoms with Gasteiger partial charge < -0.3 is 5.32 Å². The fourth-order valence-corrected chi connectivity index (χ4v) is 2.51. The van der Waals surface area contributed by atoms with Gasteiger partial charge in [-0.1, -0.05) is 20.8 Å². The van der Waals surface area contributed by atoms with Gasteiger partial charge in [-0.2, -0.15) is 0 Å². The van der Waals surface area contributed by atoms with Crippen molar-refractivity contribution in [3.05, 3.63) is 0 Å². The first-order chi connectivity index (χ1) is 4.54. The van der Waals surface area contributed by atoms with Crippen LogP contribution in [0.4, 0.5) is 0 Å². The molecule has 3 atom stereocenters. The Morgan fingerprint density at radius 3 is 2.40 bits per heavy atom. The van der Waals surface area contributed by atoms with Gasteiger partial charge in [0.05, 0.1) is 0 Å². The molecule has 1 aliphatic rings. The number of nitrogens with one attached hydrogen (secondary N) is 1. The Bertz CT molecular complexity index is 120. The van der Waals surface area contributed by atoms with E-state index in [-0.39, 0.29) is 0 Å². The summed E-state index contributed by atoms with van der Waals surface area (Å²) in [4.78, 5) is 0. The molecule has 0 spiro atoms. The predicted octanol–water partition coefficient (Wildman–Crippen LogP) is 1.50. The highest BCUT2D eigenvalue weighted by Gasteiger charge is 2.36. The summed E-state index contributed by atoms with van der Waals surface area (Å²) < 4.78 is 0. The molecule has 0 amide bonds. The van der Waals surface area contributed by atoms with Crippen molar-refractivity contribution >= 4 is 9.24 Å². The van der Waals surface area contributed by atoms with Crippen molar-refractivity contribution in [3.63, 3.8) is 0 Å². The van der Waals surface area contributed by atoms with Crippen LogP contribution in [0, 0.1) is 11.8 Å². The van der Waals surface area contributed by atoms with Gasteiger partial charge >= 0.3 is 0 Å². The molecule has 0 bridgehead atoms. The van der Waals surface area contributed by atoms with Crippen LogP contribution in [-0.2, 0) is 0 Å². The van der Waals surface area contributed by atoms with E-state index in [1.54, 1.807) is 0 Å². The van der Waals surface area contributed by atoms with E-state index in [1.165, 1.54) is 6.54 Å². The zero-order chi connectivity index (χ0) is 7.78. The average molecular weight is 159 g/mol. The minimum atomic E-state index is 0.439. The molecular weight excluding hydrogens is 141 g/mol. The van der Waals surface area contributed by atoms with Crippen molar-refractivity contribution < 1.29 is 0 Å².